The van der Waals surface area contributed by atoms with Crippen LogP contribution in [0.3, 0.4) is 0 Å². The number of carbonyl (C=O) groups excluding carboxylic acids is 1. The van der Waals surface area contributed by atoms with Gasteiger partial charge in [-0.05, 0) is 50.7 Å². The van der Waals surface area contributed by atoms with E-state index in [1.54, 1.807) is 4.68 Å². The summed E-state index contributed by atoms with van der Waals surface area (Å²) in [4.78, 5) is 35.6. The monoisotopic (exact) mass is 448 g/mol. The lowest BCUT2D eigenvalue weighted by Gasteiger charge is -2.35. The third-order valence-electron chi connectivity index (χ3n) is 7.29. The van der Waals surface area contributed by atoms with Crippen molar-refractivity contribution in [1.29, 1.82) is 0 Å². The number of fused-ring (bicyclic) bond motifs is 1. The smallest absolute Gasteiger partial charge is 0.281 e. The zero-order valence-electron chi connectivity index (χ0n) is 19.5. The zero-order chi connectivity index (χ0) is 22.9. The number of carbonyl (C=O) groups is 1. The summed E-state index contributed by atoms with van der Waals surface area (Å²) in [5, 5.41) is 8.33. The van der Waals surface area contributed by atoms with Gasteiger partial charge >= 0.3 is 0 Å². The van der Waals surface area contributed by atoms with Crippen LogP contribution in [0.1, 0.15) is 73.4 Å². The molecule has 1 unspecified atom stereocenters. The van der Waals surface area contributed by atoms with Gasteiger partial charge in [-0.15, -0.1) is 5.10 Å². The van der Waals surface area contributed by atoms with Crippen molar-refractivity contribution in [3.8, 4) is 0 Å². The van der Waals surface area contributed by atoms with Crippen LogP contribution in [0.5, 0.6) is 0 Å². The SMILES string of the molecule is Cc1ccc(C)c(Cn2nnc3c(=O)[nH]c(C4CCCN(C(=O)C5CCCCC5)C4)nc32)c1. The molecule has 2 aromatic heterocycles. The molecule has 1 aliphatic heterocycles. The normalized spacial score (nSPS) is 19.8. The molecular formula is C25H32N6O2. The highest BCUT2D eigenvalue weighted by Gasteiger charge is 2.31. The van der Waals surface area contributed by atoms with Crippen LogP contribution in [-0.2, 0) is 11.3 Å². The molecule has 0 bridgehead atoms. The second-order valence-corrected chi connectivity index (χ2v) is 9.76. The molecule has 8 nitrogen and oxygen atoms in total. The maximum atomic E-state index is 13.1. The molecule has 33 heavy (non-hydrogen) atoms. The Labute approximate surface area is 193 Å². The Morgan fingerprint density at radius 1 is 1.12 bits per heavy atom. The minimum absolute atomic E-state index is 0.0208. The highest BCUT2D eigenvalue weighted by atomic mass is 16.2. The van der Waals surface area contributed by atoms with Gasteiger partial charge in [0.1, 0.15) is 5.82 Å². The lowest BCUT2D eigenvalue weighted by atomic mass is 9.87. The maximum Gasteiger partial charge on any atom is 0.281 e. The molecule has 174 valence electrons. The molecule has 3 heterocycles. The number of piperidine rings is 1. The Morgan fingerprint density at radius 3 is 2.76 bits per heavy atom. The number of likely N-dealkylation sites (tertiary alicyclic amines) is 1. The number of nitrogens with one attached hydrogen (secondary N) is 1. The van der Waals surface area contributed by atoms with E-state index in [4.69, 9.17) is 4.98 Å². The molecule has 0 spiro atoms. The standard InChI is InChI=1S/C25H32N6O2/c1-16-10-11-17(2)20(13-16)15-31-23-21(28-29-31)24(32)27-22(26-23)19-9-6-12-30(14-19)25(33)18-7-4-3-5-8-18/h10-11,13,18-19H,3-9,12,14-15H2,1-2H3,(H,26,27,32). The van der Waals surface area contributed by atoms with Crippen LogP contribution in [0.15, 0.2) is 23.0 Å². The summed E-state index contributed by atoms with van der Waals surface area (Å²) in [6.07, 6.45) is 7.37. The predicted molar refractivity (Wildman–Crippen MR) is 126 cm³/mol. The molecular weight excluding hydrogens is 416 g/mol. The van der Waals surface area contributed by atoms with Crippen LogP contribution in [-0.4, -0.2) is 48.9 Å². The van der Waals surface area contributed by atoms with Gasteiger partial charge in [0, 0.05) is 24.9 Å². The molecule has 1 saturated heterocycles. The van der Waals surface area contributed by atoms with E-state index in [2.05, 4.69) is 47.3 Å². The summed E-state index contributed by atoms with van der Waals surface area (Å²) >= 11 is 0. The van der Waals surface area contributed by atoms with Gasteiger partial charge in [0.25, 0.3) is 5.56 Å². The highest BCUT2D eigenvalue weighted by molar-refractivity contribution is 5.79. The maximum absolute atomic E-state index is 13.1. The summed E-state index contributed by atoms with van der Waals surface area (Å²) in [7, 11) is 0. The molecule has 1 amide bonds. The lowest BCUT2D eigenvalue weighted by molar-refractivity contribution is -0.137. The molecule has 2 fully saturated rings. The van der Waals surface area contributed by atoms with Crippen molar-refractivity contribution in [2.75, 3.05) is 13.1 Å². The van der Waals surface area contributed by atoms with E-state index < -0.39 is 0 Å². The van der Waals surface area contributed by atoms with Crippen molar-refractivity contribution in [3.63, 3.8) is 0 Å². The van der Waals surface area contributed by atoms with Crippen molar-refractivity contribution in [2.45, 2.75) is 71.3 Å². The largest absolute Gasteiger partial charge is 0.342 e. The van der Waals surface area contributed by atoms with E-state index in [1.807, 2.05) is 4.90 Å². The first-order valence-electron chi connectivity index (χ1n) is 12.2. The van der Waals surface area contributed by atoms with E-state index >= 15 is 0 Å². The number of hydrogen-bond acceptors (Lipinski definition) is 5. The number of hydrogen-bond donors (Lipinski definition) is 1. The summed E-state index contributed by atoms with van der Waals surface area (Å²) in [6, 6.07) is 6.31. The van der Waals surface area contributed by atoms with Crippen molar-refractivity contribution < 1.29 is 4.79 Å². The molecule has 1 atom stereocenters. The average molecular weight is 449 g/mol. The van der Waals surface area contributed by atoms with Crippen LogP contribution in [0.2, 0.25) is 0 Å². The van der Waals surface area contributed by atoms with E-state index in [0.717, 1.165) is 50.6 Å². The Balaban J connectivity index is 1.41. The molecule has 3 aromatic rings. The van der Waals surface area contributed by atoms with E-state index in [-0.39, 0.29) is 28.8 Å². The molecule has 5 rings (SSSR count). The summed E-state index contributed by atoms with van der Waals surface area (Å²) < 4.78 is 1.71. The number of H-pyrrole nitrogens is 1. The van der Waals surface area contributed by atoms with Gasteiger partial charge in [0.15, 0.2) is 11.2 Å². The van der Waals surface area contributed by atoms with Crippen LogP contribution in [0.25, 0.3) is 11.2 Å². The van der Waals surface area contributed by atoms with Gasteiger partial charge in [-0.25, -0.2) is 9.67 Å². The molecule has 1 aliphatic carbocycles. The predicted octanol–water partition coefficient (Wildman–Crippen LogP) is 3.47. The van der Waals surface area contributed by atoms with Crippen LogP contribution in [0.4, 0.5) is 0 Å². The Bertz CT molecular complexity index is 1220. The molecule has 8 heteroatoms. The first-order chi connectivity index (χ1) is 16.0. The summed E-state index contributed by atoms with van der Waals surface area (Å²) in [6.45, 7) is 6.05. The number of rotatable bonds is 4. The first kappa shape index (κ1) is 21.8. The first-order valence-corrected chi connectivity index (χ1v) is 12.2. The van der Waals surface area contributed by atoms with Gasteiger partial charge < -0.3 is 9.88 Å². The lowest BCUT2D eigenvalue weighted by Crippen LogP contribution is -2.43. The fourth-order valence-corrected chi connectivity index (χ4v) is 5.32. The highest BCUT2D eigenvalue weighted by Crippen LogP contribution is 2.30. The zero-order valence-corrected chi connectivity index (χ0v) is 19.5. The molecule has 2 aliphatic rings. The number of amides is 1. The second kappa shape index (κ2) is 9.08. The Kier molecular flexibility index (Phi) is 6.00. The van der Waals surface area contributed by atoms with E-state index in [0.29, 0.717) is 24.6 Å². The Morgan fingerprint density at radius 2 is 1.94 bits per heavy atom. The van der Waals surface area contributed by atoms with Gasteiger partial charge in [-0.3, -0.25) is 9.59 Å². The van der Waals surface area contributed by atoms with E-state index in [1.165, 1.54) is 17.5 Å². The Hall–Kier alpha value is -3.03. The fraction of sp³-hybridized carbons (Fsp3) is 0.560. The minimum Gasteiger partial charge on any atom is -0.342 e. The van der Waals surface area contributed by atoms with Gasteiger partial charge in [0.05, 0.1) is 6.54 Å². The summed E-state index contributed by atoms with van der Waals surface area (Å²) in [5.74, 6) is 1.10. The third-order valence-corrected chi connectivity index (χ3v) is 7.29. The van der Waals surface area contributed by atoms with Crippen molar-refractivity contribution in [1.82, 2.24) is 29.9 Å². The number of aromatic nitrogens is 5. The number of benzene rings is 1. The van der Waals surface area contributed by atoms with Crippen LogP contribution >= 0.6 is 0 Å². The average Bonchev–Trinajstić information content (AvgIpc) is 3.25. The molecule has 1 N–H and O–H groups in total. The van der Waals surface area contributed by atoms with Gasteiger partial charge in [0.2, 0.25) is 5.91 Å². The molecule has 0 radical (unpaired) electrons. The van der Waals surface area contributed by atoms with Crippen molar-refractivity contribution in [3.05, 3.63) is 51.1 Å². The quantitative estimate of drug-likeness (QED) is 0.659. The molecule has 1 aromatic carbocycles. The van der Waals surface area contributed by atoms with Crippen molar-refractivity contribution >= 4 is 17.1 Å². The topological polar surface area (TPSA) is 96.8 Å². The number of aromatic amines is 1. The second-order valence-electron chi connectivity index (χ2n) is 9.76. The minimum atomic E-state index is -0.266. The third kappa shape index (κ3) is 4.43. The van der Waals surface area contributed by atoms with Gasteiger partial charge in [-0.2, -0.15) is 0 Å². The molecule has 1 saturated carbocycles. The summed E-state index contributed by atoms with van der Waals surface area (Å²) in [5.41, 5.74) is 3.97. The number of nitrogens with zero attached hydrogens (tertiary/aromatic N) is 5. The van der Waals surface area contributed by atoms with E-state index in [9.17, 15) is 9.59 Å². The van der Waals surface area contributed by atoms with Crippen LogP contribution in [0, 0.1) is 19.8 Å². The van der Waals surface area contributed by atoms with Crippen molar-refractivity contribution in [2.24, 2.45) is 5.92 Å². The number of aryl methyl sites for hydroxylation is 2. The fourth-order valence-electron chi connectivity index (χ4n) is 5.32. The van der Waals surface area contributed by atoms with Gasteiger partial charge in [-0.1, -0.05) is 48.2 Å². The van der Waals surface area contributed by atoms with Crippen LogP contribution < -0.4 is 5.56 Å².